The van der Waals surface area contributed by atoms with E-state index in [2.05, 4.69) is 28.6 Å². The minimum absolute atomic E-state index is 0.281. The lowest BCUT2D eigenvalue weighted by atomic mass is 9.97. The van der Waals surface area contributed by atoms with Crippen LogP contribution in [0.2, 0.25) is 0 Å². The first-order valence-electron chi connectivity index (χ1n) is 6.28. The van der Waals surface area contributed by atoms with E-state index in [1.807, 2.05) is 18.4 Å². The largest absolute Gasteiger partial charge is 0.335 e. The molecule has 1 aliphatic heterocycles. The van der Waals surface area contributed by atoms with Crippen LogP contribution in [0.4, 0.5) is 0 Å². The maximum atomic E-state index is 12.1. The highest BCUT2D eigenvalue weighted by Crippen LogP contribution is 2.35. The maximum absolute atomic E-state index is 12.1. The van der Waals surface area contributed by atoms with Gasteiger partial charge in [-0.1, -0.05) is 6.92 Å². The number of hydrogen-bond donors (Lipinski definition) is 1. The van der Waals surface area contributed by atoms with Crippen molar-refractivity contribution in [1.29, 1.82) is 0 Å². The predicted octanol–water partition coefficient (Wildman–Crippen LogP) is 2.19. The van der Waals surface area contributed by atoms with Crippen LogP contribution in [0.15, 0.2) is 11.4 Å². The summed E-state index contributed by atoms with van der Waals surface area (Å²) in [6.45, 7) is 3.81. The number of hydrogen-bond acceptors (Lipinski definition) is 3. The van der Waals surface area contributed by atoms with E-state index in [0.29, 0.717) is 12.5 Å². The van der Waals surface area contributed by atoms with E-state index in [1.54, 1.807) is 0 Å². The van der Waals surface area contributed by atoms with Gasteiger partial charge in [-0.2, -0.15) is 0 Å². The molecule has 2 rings (SSSR count). The molecular weight excluding hydrogens is 232 g/mol. The molecule has 1 atom stereocenters. The molecule has 1 aromatic rings. The Morgan fingerprint density at radius 2 is 2.47 bits per heavy atom. The molecule has 0 radical (unpaired) electrons. The molecule has 0 saturated heterocycles. The van der Waals surface area contributed by atoms with Gasteiger partial charge in [0, 0.05) is 24.4 Å². The summed E-state index contributed by atoms with van der Waals surface area (Å²) in [6.07, 6.45) is 2.64. The van der Waals surface area contributed by atoms with Crippen LogP contribution < -0.4 is 5.32 Å². The van der Waals surface area contributed by atoms with Crippen LogP contribution in [0.25, 0.3) is 0 Å². The quantitative estimate of drug-likeness (QED) is 0.891. The van der Waals surface area contributed by atoms with Gasteiger partial charge >= 0.3 is 0 Å². The molecule has 3 nitrogen and oxygen atoms in total. The Balaban J connectivity index is 2.12. The lowest BCUT2D eigenvalue weighted by Crippen LogP contribution is -2.40. The van der Waals surface area contributed by atoms with Gasteiger partial charge in [0.25, 0.3) is 0 Å². The standard InChI is InChI=1S/C13H20N2OS/c1-3-11-10-6-9-17-12(10)5-8-15(11)13(16)4-7-14-2/h6,9,11,14H,3-5,7-8H2,1-2H3/t11-/m0/s1. The fourth-order valence-corrected chi connectivity index (χ4v) is 3.44. The van der Waals surface area contributed by atoms with Gasteiger partial charge in [0.2, 0.25) is 5.91 Å². The molecule has 0 bridgehead atoms. The second-order valence-electron chi connectivity index (χ2n) is 4.41. The van der Waals surface area contributed by atoms with Crippen molar-refractivity contribution >= 4 is 17.2 Å². The van der Waals surface area contributed by atoms with Crippen molar-refractivity contribution in [3.8, 4) is 0 Å². The number of rotatable bonds is 4. The van der Waals surface area contributed by atoms with Gasteiger partial charge in [-0.15, -0.1) is 11.3 Å². The molecule has 94 valence electrons. The molecule has 0 spiro atoms. The lowest BCUT2D eigenvalue weighted by Gasteiger charge is -2.35. The zero-order valence-corrected chi connectivity index (χ0v) is 11.3. The number of nitrogens with one attached hydrogen (secondary N) is 1. The molecule has 0 unspecified atom stereocenters. The lowest BCUT2D eigenvalue weighted by molar-refractivity contribution is -0.134. The van der Waals surface area contributed by atoms with Crippen molar-refractivity contribution in [2.75, 3.05) is 20.1 Å². The van der Waals surface area contributed by atoms with Crippen LogP contribution in [-0.2, 0) is 11.2 Å². The monoisotopic (exact) mass is 252 g/mol. The van der Waals surface area contributed by atoms with Gasteiger partial charge in [-0.3, -0.25) is 4.79 Å². The Morgan fingerprint density at radius 1 is 1.65 bits per heavy atom. The van der Waals surface area contributed by atoms with Crippen molar-refractivity contribution in [2.24, 2.45) is 0 Å². The molecule has 0 aromatic carbocycles. The van der Waals surface area contributed by atoms with Gasteiger partial charge in [-0.25, -0.2) is 0 Å². The molecule has 0 aliphatic carbocycles. The van der Waals surface area contributed by atoms with Crippen LogP contribution >= 0.6 is 11.3 Å². The third-order valence-corrected chi connectivity index (χ3v) is 4.39. The van der Waals surface area contributed by atoms with Crippen molar-refractivity contribution in [1.82, 2.24) is 10.2 Å². The molecule has 0 saturated carbocycles. The first kappa shape index (κ1) is 12.6. The number of carbonyl (C=O) groups is 1. The van der Waals surface area contributed by atoms with Gasteiger partial charge in [0.05, 0.1) is 6.04 Å². The molecule has 17 heavy (non-hydrogen) atoms. The SMILES string of the molecule is CC[C@H]1c2ccsc2CCN1C(=O)CCNC. The third kappa shape index (κ3) is 2.53. The minimum Gasteiger partial charge on any atom is -0.335 e. The van der Waals surface area contributed by atoms with Crippen molar-refractivity contribution in [3.05, 3.63) is 21.9 Å². The molecule has 2 heterocycles. The summed E-state index contributed by atoms with van der Waals surface area (Å²) in [5, 5.41) is 5.19. The summed E-state index contributed by atoms with van der Waals surface area (Å²) >= 11 is 1.83. The zero-order chi connectivity index (χ0) is 12.3. The van der Waals surface area contributed by atoms with E-state index in [1.165, 1.54) is 10.4 Å². The average Bonchev–Trinajstić information content (AvgIpc) is 2.82. The second-order valence-corrected chi connectivity index (χ2v) is 5.41. The van der Waals surface area contributed by atoms with Crippen LogP contribution in [-0.4, -0.2) is 30.9 Å². The van der Waals surface area contributed by atoms with Crippen LogP contribution in [0.5, 0.6) is 0 Å². The fraction of sp³-hybridized carbons (Fsp3) is 0.615. The van der Waals surface area contributed by atoms with Crippen molar-refractivity contribution < 1.29 is 4.79 Å². The van der Waals surface area contributed by atoms with Gasteiger partial charge in [-0.05, 0) is 36.9 Å². The van der Waals surface area contributed by atoms with Gasteiger partial charge in [0.15, 0.2) is 0 Å². The maximum Gasteiger partial charge on any atom is 0.224 e. The van der Waals surface area contributed by atoms with Crippen LogP contribution in [0.1, 0.15) is 36.2 Å². The van der Waals surface area contributed by atoms with E-state index in [4.69, 9.17) is 0 Å². The molecule has 4 heteroatoms. The Labute approximate surface area is 107 Å². The van der Waals surface area contributed by atoms with Gasteiger partial charge < -0.3 is 10.2 Å². The van der Waals surface area contributed by atoms with Gasteiger partial charge in [0.1, 0.15) is 0 Å². The highest BCUT2D eigenvalue weighted by atomic mass is 32.1. The molecular formula is C13H20N2OS. The van der Waals surface area contributed by atoms with E-state index < -0.39 is 0 Å². The summed E-state index contributed by atoms with van der Waals surface area (Å²) in [7, 11) is 1.89. The van der Waals surface area contributed by atoms with E-state index in [-0.39, 0.29) is 5.91 Å². The topological polar surface area (TPSA) is 32.3 Å². The molecule has 1 aliphatic rings. The predicted molar refractivity (Wildman–Crippen MR) is 71.3 cm³/mol. The Kier molecular flexibility index (Phi) is 4.18. The van der Waals surface area contributed by atoms with Crippen LogP contribution in [0, 0.1) is 0 Å². The second kappa shape index (κ2) is 5.65. The number of carbonyl (C=O) groups excluding carboxylic acids is 1. The van der Waals surface area contributed by atoms with E-state index in [0.717, 1.165) is 25.9 Å². The highest BCUT2D eigenvalue weighted by Gasteiger charge is 2.29. The number of amides is 1. The van der Waals surface area contributed by atoms with Crippen LogP contribution in [0.3, 0.4) is 0 Å². The fourth-order valence-electron chi connectivity index (χ4n) is 2.51. The third-order valence-electron chi connectivity index (χ3n) is 3.39. The molecule has 0 fully saturated rings. The minimum atomic E-state index is 0.281. The Bertz CT molecular complexity index is 389. The smallest absolute Gasteiger partial charge is 0.224 e. The summed E-state index contributed by atoms with van der Waals surface area (Å²) in [5.74, 6) is 0.281. The molecule has 1 N–H and O–H groups in total. The molecule has 1 amide bonds. The summed E-state index contributed by atoms with van der Waals surface area (Å²) in [4.78, 5) is 15.7. The number of thiophene rings is 1. The van der Waals surface area contributed by atoms with E-state index >= 15 is 0 Å². The summed E-state index contributed by atoms with van der Waals surface area (Å²) in [6, 6.07) is 2.49. The number of fused-ring (bicyclic) bond motifs is 1. The zero-order valence-electron chi connectivity index (χ0n) is 10.5. The first-order chi connectivity index (χ1) is 8.27. The Hall–Kier alpha value is -0.870. The highest BCUT2D eigenvalue weighted by molar-refractivity contribution is 7.10. The normalized spacial score (nSPS) is 19.2. The Morgan fingerprint density at radius 3 is 3.18 bits per heavy atom. The summed E-state index contributed by atoms with van der Waals surface area (Å²) in [5.41, 5.74) is 1.38. The molecule has 1 aromatic heterocycles. The van der Waals surface area contributed by atoms with Crippen molar-refractivity contribution in [2.45, 2.75) is 32.2 Å². The number of nitrogens with zero attached hydrogens (tertiary/aromatic N) is 1. The average molecular weight is 252 g/mol. The summed E-state index contributed by atoms with van der Waals surface area (Å²) < 4.78 is 0. The first-order valence-corrected chi connectivity index (χ1v) is 7.16. The van der Waals surface area contributed by atoms with E-state index in [9.17, 15) is 4.79 Å². The van der Waals surface area contributed by atoms with Crippen molar-refractivity contribution in [3.63, 3.8) is 0 Å².